The third-order valence-electron chi connectivity index (χ3n) is 2.65. The number of thioether (sulfide) groups is 2. The molecule has 2 heterocycles. The fourth-order valence-electron chi connectivity index (χ4n) is 1.63. The van der Waals surface area contributed by atoms with Gasteiger partial charge in [-0.3, -0.25) is 0 Å². The SMILES string of the molecule is CSc1nnc(SC(C)c2nnc(-c3ccccc3)o2)s1. The van der Waals surface area contributed by atoms with Crippen molar-refractivity contribution < 1.29 is 4.42 Å². The molecule has 108 valence electrons. The molecule has 2 aromatic heterocycles. The van der Waals surface area contributed by atoms with Crippen LogP contribution in [0, 0.1) is 0 Å². The average molecular weight is 336 g/mol. The van der Waals surface area contributed by atoms with Gasteiger partial charge in [0.05, 0.1) is 5.25 Å². The van der Waals surface area contributed by atoms with Gasteiger partial charge in [-0.05, 0) is 25.3 Å². The summed E-state index contributed by atoms with van der Waals surface area (Å²) < 4.78 is 7.61. The molecule has 3 aromatic rings. The van der Waals surface area contributed by atoms with Crippen LogP contribution in [0.1, 0.15) is 18.1 Å². The maximum absolute atomic E-state index is 5.75. The number of benzene rings is 1. The Hall–Kier alpha value is -1.38. The van der Waals surface area contributed by atoms with Crippen molar-refractivity contribution >= 4 is 34.9 Å². The number of hydrogen-bond donors (Lipinski definition) is 0. The zero-order valence-electron chi connectivity index (χ0n) is 11.4. The first-order valence-electron chi connectivity index (χ1n) is 6.19. The Morgan fingerprint density at radius 1 is 1.05 bits per heavy atom. The molecule has 21 heavy (non-hydrogen) atoms. The number of aromatic nitrogens is 4. The van der Waals surface area contributed by atoms with Gasteiger partial charge in [0.25, 0.3) is 0 Å². The lowest BCUT2D eigenvalue weighted by Crippen LogP contribution is -1.88. The van der Waals surface area contributed by atoms with Crippen molar-refractivity contribution in [2.45, 2.75) is 20.9 Å². The minimum absolute atomic E-state index is 0.0395. The molecular formula is C13H12N4OS3. The topological polar surface area (TPSA) is 64.7 Å². The first-order chi connectivity index (χ1) is 10.3. The number of rotatable bonds is 5. The summed E-state index contributed by atoms with van der Waals surface area (Å²) in [4.78, 5) is 0. The Labute approximate surface area is 134 Å². The summed E-state index contributed by atoms with van der Waals surface area (Å²) in [5, 5.41) is 16.5. The van der Waals surface area contributed by atoms with Crippen LogP contribution in [0.3, 0.4) is 0 Å². The lowest BCUT2D eigenvalue weighted by molar-refractivity contribution is 0.509. The van der Waals surface area contributed by atoms with Gasteiger partial charge in [-0.2, -0.15) is 0 Å². The van der Waals surface area contributed by atoms with E-state index in [4.69, 9.17) is 4.42 Å². The molecule has 0 saturated carbocycles. The van der Waals surface area contributed by atoms with Crippen molar-refractivity contribution in [3.05, 3.63) is 36.2 Å². The molecule has 0 aliphatic carbocycles. The van der Waals surface area contributed by atoms with Crippen LogP contribution in [0.5, 0.6) is 0 Å². The molecule has 0 aliphatic heterocycles. The monoisotopic (exact) mass is 336 g/mol. The second-order valence-corrected chi connectivity index (χ2v) is 7.73. The fraction of sp³-hybridized carbons (Fsp3) is 0.231. The molecule has 0 radical (unpaired) electrons. The van der Waals surface area contributed by atoms with Gasteiger partial charge in [0.2, 0.25) is 11.8 Å². The zero-order valence-corrected chi connectivity index (χ0v) is 13.8. The van der Waals surface area contributed by atoms with Gasteiger partial charge >= 0.3 is 0 Å². The van der Waals surface area contributed by atoms with Crippen LogP contribution in [0.25, 0.3) is 11.5 Å². The summed E-state index contributed by atoms with van der Waals surface area (Å²) in [5.41, 5.74) is 0.925. The van der Waals surface area contributed by atoms with Crippen LogP contribution >= 0.6 is 34.9 Å². The van der Waals surface area contributed by atoms with Gasteiger partial charge in [0.1, 0.15) is 0 Å². The van der Waals surface area contributed by atoms with E-state index in [1.54, 1.807) is 34.9 Å². The second-order valence-electron chi connectivity index (χ2n) is 4.11. The van der Waals surface area contributed by atoms with Crippen molar-refractivity contribution in [3.8, 4) is 11.5 Å². The predicted octanol–water partition coefficient (Wildman–Crippen LogP) is 4.16. The molecule has 0 amide bonds. The Kier molecular flexibility index (Phi) is 4.57. The number of hydrogen-bond acceptors (Lipinski definition) is 8. The van der Waals surface area contributed by atoms with E-state index in [0.717, 1.165) is 14.2 Å². The first kappa shape index (κ1) is 14.6. The Morgan fingerprint density at radius 2 is 1.81 bits per heavy atom. The zero-order chi connectivity index (χ0) is 14.7. The molecule has 1 atom stereocenters. The van der Waals surface area contributed by atoms with E-state index in [1.807, 2.05) is 43.5 Å². The largest absolute Gasteiger partial charge is 0.419 e. The van der Waals surface area contributed by atoms with E-state index in [1.165, 1.54) is 0 Å². The Balaban J connectivity index is 1.73. The van der Waals surface area contributed by atoms with Crippen LogP contribution in [0.15, 0.2) is 43.4 Å². The molecule has 0 saturated heterocycles. The summed E-state index contributed by atoms with van der Waals surface area (Å²) in [7, 11) is 0. The molecule has 3 rings (SSSR count). The van der Waals surface area contributed by atoms with E-state index < -0.39 is 0 Å². The highest BCUT2D eigenvalue weighted by Crippen LogP contribution is 2.37. The van der Waals surface area contributed by atoms with Crippen molar-refractivity contribution in [2.24, 2.45) is 0 Å². The van der Waals surface area contributed by atoms with Gasteiger partial charge in [0.15, 0.2) is 8.68 Å². The molecule has 5 nitrogen and oxygen atoms in total. The van der Waals surface area contributed by atoms with E-state index in [2.05, 4.69) is 20.4 Å². The first-order valence-corrected chi connectivity index (χ1v) is 9.11. The van der Waals surface area contributed by atoms with E-state index >= 15 is 0 Å². The van der Waals surface area contributed by atoms with Crippen molar-refractivity contribution in [3.63, 3.8) is 0 Å². The maximum Gasteiger partial charge on any atom is 0.247 e. The smallest absolute Gasteiger partial charge is 0.247 e. The van der Waals surface area contributed by atoms with Crippen molar-refractivity contribution in [1.29, 1.82) is 0 Å². The quantitative estimate of drug-likeness (QED) is 0.648. The molecular weight excluding hydrogens is 324 g/mol. The van der Waals surface area contributed by atoms with Gasteiger partial charge in [0, 0.05) is 5.56 Å². The van der Waals surface area contributed by atoms with Crippen LogP contribution in [0.2, 0.25) is 0 Å². The summed E-state index contributed by atoms with van der Waals surface area (Å²) in [6.45, 7) is 2.02. The van der Waals surface area contributed by atoms with E-state index in [9.17, 15) is 0 Å². The van der Waals surface area contributed by atoms with E-state index in [0.29, 0.717) is 11.8 Å². The second kappa shape index (κ2) is 6.59. The Bertz CT molecular complexity index is 713. The fourth-order valence-corrected chi connectivity index (χ4v) is 4.24. The van der Waals surface area contributed by atoms with Gasteiger partial charge in [-0.15, -0.1) is 20.4 Å². The van der Waals surface area contributed by atoms with Crippen LogP contribution in [0.4, 0.5) is 0 Å². The van der Waals surface area contributed by atoms with Crippen LogP contribution in [-0.2, 0) is 0 Å². The Morgan fingerprint density at radius 3 is 2.52 bits per heavy atom. The van der Waals surface area contributed by atoms with Gasteiger partial charge in [-0.25, -0.2) is 0 Å². The van der Waals surface area contributed by atoms with Crippen LogP contribution < -0.4 is 0 Å². The average Bonchev–Trinajstić information content (AvgIpc) is 3.17. The standard InChI is InChI=1S/C13H12N4OS3/c1-8(20-13-17-16-12(19-2)21-13)10-14-15-11(18-10)9-6-4-3-5-7-9/h3-8H,1-2H3. The summed E-state index contributed by atoms with van der Waals surface area (Å²) >= 11 is 4.74. The minimum Gasteiger partial charge on any atom is -0.419 e. The molecule has 0 spiro atoms. The van der Waals surface area contributed by atoms with Gasteiger partial charge in [-0.1, -0.05) is 53.1 Å². The normalized spacial score (nSPS) is 12.5. The summed E-state index contributed by atoms with van der Waals surface area (Å²) in [5.74, 6) is 1.14. The molecule has 8 heteroatoms. The molecule has 1 unspecified atom stereocenters. The lowest BCUT2D eigenvalue weighted by Gasteiger charge is -2.02. The van der Waals surface area contributed by atoms with Gasteiger partial charge < -0.3 is 4.42 Å². The highest BCUT2D eigenvalue weighted by Gasteiger charge is 2.18. The predicted molar refractivity (Wildman–Crippen MR) is 85.7 cm³/mol. The minimum atomic E-state index is 0.0395. The molecule has 0 bridgehead atoms. The maximum atomic E-state index is 5.75. The third-order valence-corrected chi connectivity index (χ3v) is 5.72. The molecule has 0 N–H and O–H groups in total. The lowest BCUT2D eigenvalue weighted by atomic mass is 10.2. The highest BCUT2D eigenvalue weighted by atomic mass is 32.2. The molecule has 0 aliphatic rings. The molecule has 1 aromatic carbocycles. The van der Waals surface area contributed by atoms with E-state index in [-0.39, 0.29) is 5.25 Å². The number of nitrogens with zero attached hydrogens (tertiary/aromatic N) is 4. The molecule has 0 fully saturated rings. The van der Waals surface area contributed by atoms with Crippen molar-refractivity contribution in [2.75, 3.05) is 6.26 Å². The van der Waals surface area contributed by atoms with Crippen molar-refractivity contribution in [1.82, 2.24) is 20.4 Å². The third kappa shape index (κ3) is 3.45. The summed E-state index contributed by atoms with van der Waals surface area (Å²) in [6.07, 6.45) is 1.99. The van der Waals surface area contributed by atoms with Crippen LogP contribution in [-0.4, -0.2) is 26.7 Å². The highest BCUT2D eigenvalue weighted by molar-refractivity contribution is 8.03. The summed E-state index contributed by atoms with van der Waals surface area (Å²) in [6, 6.07) is 9.75.